The number of anilines is 6. The van der Waals surface area contributed by atoms with Crippen LogP contribution in [0.4, 0.5) is 34.1 Å². The maximum absolute atomic E-state index is 2.49. The number of fused-ring (bicyclic) bond motifs is 7. The molecule has 0 unspecified atom stereocenters. The zero-order chi connectivity index (χ0) is 43.4. The Kier molecular flexibility index (Phi) is 9.84. The molecule has 0 saturated carbocycles. The second-order valence-electron chi connectivity index (χ2n) is 17.7. The fraction of sp³-hybridized carbons (Fsp3) is 0.161. The molecule has 0 saturated heterocycles. The zero-order valence-electron chi connectivity index (χ0n) is 37.4. The quantitative estimate of drug-likeness (QED) is 0.128. The van der Waals surface area contributed by atoms with Gasteiger partial charge in [0.15, 0.2) is 0 Å². The van der Waals surface area contributed by atoms with Gasteiger partial charge in [-0.1, -0.05) is 167 Å². The van der Waals surface area contributed by atoms with Gasteiger partial charge in [-0.3, -0.25) is 0 Å². The summed E-state index contributed by atoms with van der Waals surface area (Å²) in [5.74, 6) is 0. The molecule has 0 aliphatic heterocycles. The number of hydrogen-bond acceptors (Lipinski definition) is 2. The van der Waals surface area contributed by atoms with Gasteiger partial charge in [0.2, 0.25) is 0 Å². The van der Waals surface area contributed by atoms with Gasteiger partial charge in [0, 0.05) is 44.7 Å². The van der Waals surface area contributed by atoms with Crippen molar-refractivity contribution < 1.29 is 0 Å². The van der Waals surface area contributed by atoms with Gasteiger partial charge in [0.05, 0.1) is 5.69 Å². The van der Waals surface area contributed by atoms with Crippen LogP contribution in [0.5, 0.6) is 0 Å². The van der Waals surface area contributed by atoms with E-state index in [9.17, 15) is 0 Å². The summed E-state index contributed by atoms with van der Waals surface area (Å²) in [6, 6.07) is 76.9. The molecule has 11 rings (SSSR count). The van der Waals surface area contributed by atoms with Crippen LogP contribution in [0, 0.1) is 0 Å². The lowest BCUT2D eigenvalue weighted by Gasteiger charge is -2.32. The summed E-state index contributed by atoms with van der Waals surface area (Å²) in [6.07, 6.45) is 4.24. The summed E-state index contributed by atoms with van der Waals surface area (Å²) in [5.41, 5.74) is 20.6. The molecule has 0 aromatic heterocycles. The topological polar surface area (TPSA) is 6.48 Å². The number of nitrogens with zero attached hydrogens (tertiary/aromatic N) is 2. The van der Waals surface area contributed by atoms with Gasteiger partial charge in [0.1, 0.15) is 0 Å². The minimum absolute atomic E-state index is 0.000535. The molecule has 0 fully saturated rings. The van der Waals surface area contributed by atoms with Crippen LogP contribution in [0.3, 0.4) is 0 Å². The zero-order valence-corrected chi connectivity index (χ0v) is 37.4. The van der Waals surface area contributed by atoms with Crippen LogP contribution < -0.4 is 9.80 Å². The van der Waals surface area contributed by atoms with Crippen molar-refractivity contribution in [3.8, 4) is 33.4 Å². The van der Waals surface area contributed by atoms with Crippen molar-refractivity contribution >= 4 is 44.9 Å². The highest BCUT2D eigenvalue weighted by Crippen LogP contribution is 2.56. The summed E-state index contributed by atoms with van der Waals surface area (Å²) in [4.78, 5) is 4.89. The highest BCUT2D eigenvalue weighted by molar-refractivity contribution is 6.06. The summed E-state index contributed by atoms with van der Waals surface area (Å²) >= 11 is 0. The smallest absolute Gasteiger partial charge is 0.0540 e. The van der Waals surface area contributed by atoms with E-state index in [2.05, 4.69) is 244 Å². The van der Waals surface area contributed by atoms with E-state index in [4.69, 9.17) is 0 Å². The second kappa shape index (κ2) is 15.9. The Labute approximate surface area is 379 Å². The predicted molar refractivity (Wildman–Crippen MR) is 272 cm³/mol. The molecular weight excluding hydrogens is 773 g/mol. The number of hydrogen-bond donors (Lipinski definition) is 0. The van der Waals surface area contributed by atoms with Gasteiger partial charge in [-0.05, 0) is 153 Å². The molecule has 312 valence electrons. The molecule has 2 nitrogen and oxygen atoms in total. The normalized spacial score (nSPS) is 13.8. The number of para-hydroxylation sites is 2. The van der Waals surface area contributed by atoms with Crippen LogP contribution in [-0.2, 0) is 10.8 Å². The second-order valence-corrected chi connectivity index (χ2v) is 17.7. The third-order valence-corrected chi connectivity index (χ3v) is 15.0. The van der Waals surface area contributed by atoms with E-state index >= 15 is 0 Å². The standard InChI is InChI=1S/C62H54N2/c1-5-61(6-2)56-29-19-17-26-51(56)53-37-35-47(41-58(53)61)63(44-21-11-9-12-22-44)46-33-31-43(32-34-46)49-39-40-60(55-28-16-15-25-50(49)55)64(45-23-13-10-14-24-45)48-36-38-54-52-27-18-20-30-57(52)62(7-3,8-4)59(54)42-48/h9-42H,5-8H2,1-4H3. The molecule has 0 atom stereocenters. The van der Waals surface area contributed by atoms with Crippen LogP contribution in [0.15, 0.2) is 206 Å². The lowest BCUT2D eigenvalue weighted by molar-refractivity contribution is 0.490. The Balaban J connectivity index is 1.01. The molecule has 0 heterocycles. The molecule has 2 aliphatic carbocycles. The minimum atomic E-state index is -0.0134. The fourth-order valence-corrected chi connectivity index (χ4v) is 11.7. The van der Waals surface area contributed by atoms with Gasteiger partial charge in [-0.2, -0.15) is 0 Å². The molecule has 9 aromatic carbocycles. The summed E-state index contributed by atoms with van der Waals surface area (Å²) in [5, 5.41) is 2.45. The molecule has 9 aromatic rings. The van der Waals surface area contributed by atoms with Crippen molar-refractivity contribution in [2.24, 2.45) is 0 Å². The Hall–Kier alpha value is -7.16. The van der Waals surface area contributed by atoms with Gasteiger partial charge in [0.25, 0.3) is 0 Å². The Morgan fingerprint density at radius 3 is 1.22 bits per heavy atom. The van der Waals surface area contributed by atoms with Crippen LogP contribution in [-0.4, -0.2) is 0 Å². The summed E-state index contributed by atoms with van der Waals surface area (Å²) in [6.45, 7) is 9.40. The van der Waals surface area contributed by atoms with Gasteiger partial charge < -0.3 is 9.80 Å². The first-order valence-corrected chi connectivity index (χ1v) is 23.3. The van der Waals surface area contributed by atoms with Crippen molar-refractivity contribution in [1.29, 1.82) is 0 Å². The van der Waals surface area contributed by atoms with E-state index < -0.39 is 0 Å². The van der Waals surface area contributed by atoms with Crippen molar-refractivity contribution in [2.45, 2.75) is 64.2 Å². The monoisotopic (exact) mass is 826 g/mol. The van der Waals surface area contributed by atoms with E-state index in [0.717, 1.165) is 42.7 Å². The van der Waals surface area contributed by atoms with Gasteiger partial charge in [-0.25, -0.2) is 0 Å². The Morgan fingerprint density at radius 1 is 0.297 bits per heavy atom. The molecule has 2 aliphatic rings. The highest BCUT2D eigenvalue weighted by atomic mass is 15.1. The Bertz CT molecular complexity index is 3160. The first-order chi connectivity index (χ1) is 31.5. The van der Waals surface area contributed by atoms with Crippen LogP contribution >= 0.6 is 0 Å². The fourth-order valence-electron chi connectivity index (χ4n) is 11.7. The first-order valence-electron chi connectivity index (χ1n) is 23.3. The van der Waals surface area contributed by atoms with E-state index in [0.29, 0.717) is 0 Å². The minimum Gasteiger partial charge on any atom is -0.310 e. The van der Waals surface area contributed by atoms with Crippen molar-refractivity contribution in [3.05, 3.63) is 229 Å². The van der Waals surface area contributed by atoms with Crippen molar-refractivity contribution in [2.75, 3.05) is 9.80 Å². The largest absolute Gasteiger partial charge is 0.310 e. The molecule has 0 spiro atoms. The van der Waals surface area contributed by atoms with E-state index in [-0.39, 0.29) is 10.8 Å². The lowest BCUT2D eigenvalue weighted by atomic mass is 9.74. The van der Waals surface area contributed by atoms with Gasteiger partial charge >= 0.3 is 0 Å². The third-order valence-electron chi connectivity index (χ3n) is 15.0. The molecule has 0 radical (unpaired) electrons. The highest BCUT2D eigenvalue weighted by Gasteiger charge is 2.42. The van der Waals surface area contributed by atoms with E-state index in [1.807, 2.05) is 0 Å². The lowest BCUT2D eigenvalue weighted by Crippen LogP contribution is -2.23. The molecule has 2 heteroatoms. The molecule has 0 amide bonds. The van der Waals surface area contributed by atoms with Crippen LogP contribution in [0.1, 0.15) is 75.6 Å². The van der Waals surface area contributed by atoms with E-state index in [1.54, 1.807) is 0 Å². The molecular formula is C62H54N2. The first kappa shape index (κ1) is 39.7. The summed E-state index contributed by atoms with van der Waals surface area (Å²) in [7, 11) is 0. The molecule has 64 heavy (non-hydrogen) atoms. The Morgan fingerprint density at radius 2 is 0.688 bits per heavy atom. The number of benzene rings is 9. The SMILES string of the molecule is CCC1(CC)c2ccccc2-c2ccc(N(c3ccccc3)c3ccc(-c4ccc(N(c5ccccc5)c5ccc6c(c5)C(CC)(CC)c5ccccc5-6)c5ccccc45)cc3)cc21. The maximum Gasteiger partial charge on any atom is 0.0540 e. The van der Waals surface area contributed by atoms with Crippen molar-refractivity contribution in [1.82, 2.24) is 0 Å². The van der Waals surface area contributed by atoms with Crippen LogP contribution in [0.2, 0.25) is 0 Å². The predicted octanol–water partition coefficient (Wildman–Crippen LogP) is 17.6. The maximum atomic E-state index is 2.49. The average Bonchev–Trinajstić information content (AvgIpc) is 3.81. The third kappa shape index (κ3) is 5.99. The van der Waals surface area contributed by atoms with E-state index in [1.165, 1.54) is 83.5 Å². The molecule has 0 N–H and O–H groups in total. The number of rotatable bonds is 11. The van der Waals surface area contributed by atoms with Crippen LogP contribution in [0.25, 0.3) is 44.2 Å². The summed E-state index contributed by atoms with van der Waals surface area (Å²) < 4.78 is 0. The molecule has 0 bridgehead atoms. The van der Waals surface area contributed by atoms with Crippen molar-refractivity contribution in [3.63, 3.8) is 0 Å². The van der Waals surface area contributed by atoms with Gasteiger partial charge in [-0.15, -0.1) is 0 Å². The average molecular weight is 827 g/mol.